The van der Waals surface area contributed by atoms with Gasteiger partial charge < -0.3 is 15.5 Å². The Bertz CT molecular complexity index is 180. The number of rotatable bonds is 5. The molecule has 0 aromatic heterocycles. The quantitative estimate of drug-likeness (QED) is 0.688. The highest BCUT2D eigenvalue weighted by atomic mass is 16.2. The first-order chi connectivity index (χ1) is 6.40. The number of hydrogen-bond donors (Lipinski definition) is 1. The van der Waals surface area contributed by atoms with Crippen LogP contribution in [0.2, 0.25) is 0 Å². The van der Waals surface area contributed by atoms with Gasteiger partial charge in [-0.05, 0) is 34.9 Å². The van der Waals surface area contributed by atoms with Gasteiger partial charge in [0.2, 0.25) is 5.91 Å². The van der Waals surface area contributed by atoms with Crippen LogP contribution in [0.5, 0.6) is 0 Å². The van der Waals surface area contributed by atoms with E-state index in [0.717, 1.165) is 13.1 Å². The lowest BCUT2D eigenvalue weighted by Gasteiger charge is -2.31. The fraction of sp³-hybridized carbons (Fsp3) is 0.900. The molecule has 0 aliphatic rings. The highest BCUT2D eigenvalue weighted by Crippen LogP contribution is 2.02. The van der Waals surface area contributed by atoms with Crippen LogP contribution in [-0.2, 0) is 4.79 Å². The minimum Gasteiger partial charge on any atom is -0.338 e. The predicted octanol–water partition coefficient (Wildman–Crippen LogP) is 0.132. The summed E-state index contributed by atoms with van der Waals surface area (Å²) in [4.78, 5) is 15.6. The molecule has 4 heteroatoms. The number of likely N-dealkylation sites (N-methyl/N-ethyl adjacent to an activating group) is 2. The van der Waals surface area contributed by atoms with Crippen LogP contribution in [0.1, 0.15) is 20.8 Å². The predicted molar refractivity (Wildman–Crippen MR) is 59.1 cm³/mol. The molecule has 2 N–H and O–H groups in total. The Morgan fingerprint density at radius 2 is 1.86 bits per heavy atom. The van der Waals surface area contributed by atoms with Crippen molar-refractivity contribution in [3.8, 4) is 0 Å². The zero-order valence-electron chi connectivity index (χ0n) is 9.95. The largest absolute Gasteiger partial charge is 0.338 e. The van der Waals surface area contributed by atoms with Gasteiger partial charge in [-0.2, -0.15) is 0 Å². The SMILES string of the molecule is CCN(C(=O)[C@H](C)N)C(C)CN(C)C. The molecule has 0 aromatic carbocycles. The normalized spacial score (nSPS) is 15.4. The van der Waals surface area contributed by atoms with Gasteiger partial charge in [-0.15, -0.1) is 0 Å². The Hall–Kier alpha value is -0.610. The summed E-state index contributed by atoms with van der Waals surface area (Å²) in [5.74, 6) is 0.0295. The molecule has 0 aliphatic carbocycles. The molecule has 0 aliphatic heterocycles. The molecule has 4 nitrogen and oxygen atoms in total. The Morgan fingerprint density at radius 1 is 1.36 bits per heavy atom. The molecule has 0 saturated carbocycles. The van der Waals surface area contributed by atoms with Crippen molar-refractivity contribution in [1.82, 2.24) is 9.80 Å². The summed E-state index contributed by atoms with van der Waals surface area (Å²) in [6.07, 6.45) is 0. The summed E-state index contributed by atoms with van der Waals surface area (Å²) in [6, 6.07) is -0.187. The van der Waals surface area contributed by atoms with E-state index < -0.39 is 6.04 Å². The van der Waals surface area contributed by atoms with Gasteiger partial charge in [0.15, 0.2) is 0 Å². The summed E-state index contributed by atoms with van der Waals surface area (Å²) >= 11 is 0. The van der Waals surface area contributed by atoms with E-state index >= 15 is 0 Å². The zero-order chi connectivity index (χ0) is 11.3. The van der Waals surface area contributed by atoms with E-state index in [4.69, 9.17) is 5.73 Å². The van der Waals surface area contributed by atoms with Crippen LogP contribution in [0, 0.1) is 0 Å². The van der Waals surface area contributed by atoms with Crippen molar-refractivity contribution in [2.45, 2.75) is 32.9 Å². The Balaban J connectivity index is 4.32. The summed E-state index contributed by atoms with van der Waals surface area (Å²) < 4.78 is 0. The number of carbonyl (C=O) groups excluding carboxylic acids is 1. The molecule has 0 saturated heterocycles. The number of amides is 1. The first kappa shape index (κ1) is 13.4. The van der Waals surface area contributed by atoms with Crippen LogP contribution in [-0.4, -0.2) is 55.0 Å². The Labute approximate surface area is 87.0 Å². The third kappa shape index (κ3) is 4.07. The van der Waals surface area contributed by atoms with Crippen LogP contribution >= 0.6 is 0 Å². The summed E-state index contributed by atoms with van der Waals surface area (Å²) in [5, 5.41) is 0. The van der Waals surface area contributed by atoms with E-state index in [-0.39, 0.29) is 11.9 Å². The Kier molecular flexibility index (Phi) is 5.72. The molecular formula is C10H23N3O. The van der Waals surface area contributed by atoms with Gasteiger partial charge >= 0.3 is 0 Å². The zero-order valence-corrected chi connectivity index (χ0v) is 9.95. The molecule has 0 aromatic rings. The van der Waals surface area contributed by atoms with E-state index in [1.165, 1.54) is 0 Å². The van der Waals surface area contributed by atoms with Crippen LogP contribution in [0.3, 0.4) is 0 Å². The second-order valence-electron chi connectivity index (χ2n) is 4.02. The molecule has 2 atom stereocenters. The van der Waals surface area contributed by atoms with Crippen LogP contribution < -0.4 is 5.73 Å². The third-order valence-electron chi connectivity index (χ3n) is 2.17. The van der Waals surface area contributed by atoms with Crippen molar-refractivity contribution < 1.29 is 4.79 Å². The molecule has 0 spiro atoms. The molecule has 1 amide bonds. The van der Waals surface area contributed by atoms with Crippen molar-refractivity contribution in [3.63, 3.8) is 0 Å². The van der Waals surface area contributed by atoms with E-state index in [1.807, 2.05) is 32.8 Å². The number of carbonyl (C=O) groups is 1. The minimum absolute atomic E-state index is 0.0295. The first-order valence-electron chi connectivity index (χ1n) is 5.10. The lowest BCUT2D eigenvalue weighted by molar-refractivity contribution is -0.134. The Morgan fingerprint density at radius 3 is 2.14 bits per heavy atom. The number of nitrogens with two attached hydrogens (primary N) is 1. The molecule has 14 heavy (non-hydrogen) atoms. The standard InChI is InChI=1S/C10H23N3O/c1-6-13(10(14)9(3)11)8(2)7-12(4)5/h8-9H,6-7,11H2,1-5H3/t8?,9-/m0/s1. The monoisotopic (exact) mass is 201 g/mol. The van der Waals surface area contributed by atoms with Gasteiger partial charge in [-0.25, -0.2) is 0 Å². The smallest absolute Gasteiger partial charge is 0.239 e. The number of nitrogens with zero attached hydrogens (tertiary/aromatic N) is 2. The molecule has 0 fully saturated rings. The minimum atomic E-state index is -0.403. The maximum atomic E-state index is 11.7. The van der Waals surface area contributed by atoms with E-state index in [2.05, 4.69) is 4.90 Å². The van der Waals surface area contributed by atoms with Gasteiger partial charge in [-0.1, -0.05) is 0 Å². The second kappa shape index (κ2) is 5.98. The summed E-state index contributed by atoms with van der Waals surface area (Å²) in [7, 11) is 4.00. The van der Waals surface area contributed by atoms with Gasteiger partial charge in [0.1, 0.15) is 0 Å². The molecule has 0 radical (unpaired) electrons. The molecular weight excluding hydrogens is 178 g/mol. The van der Waals surface area contributed by atoms with Gasteiger partial charge in [0.05, 0.1) is 6.04 Å². The second-order valence-corrected chi connectivity index (χ2v) is 4.02. The molecule has 84 valence electrons. The van der Waals surface area contributed by atoms with Crippen LogP contribution in [0.15, 0.2) is 0 Å². The topological polar surface area (TPSA) is 49.6 Å². The van der Waals surface area contributed by atoms with Crippen molar-refractivity contribution in [3.05, 3.63) is 0 Å². The fourth-order valence-corrected chi connectivity index (χ4v) is 1.57. The average Bonchev–Trinajstić information content (AvgIpc) is 2.03. The molecule has 1 unspecified atom stereocenters. The lowest BCUT2D eigenvalue weighted by Crippen LogP contribution is -2.49. The van der Waals surface area contributed by atoms with E-state index in [0.29, 0.717) is 0 Å². The molecule has 0 rings (SSSR count). The van der Waals surface area contributed by atoms with Crippen molar-refractivity contribution in [2.24, 2.45) is 5.73 Å². The molecule has 0 bridgehead atoms. The third-order valence-corrected chi connectivity index (χ3v) is 2.17. The summed E-state index contributed by atoms with van der Waals surface area (Å²) in [6.45, 7) is 7.34. The van der Waals surface area contributed by atoms with Crippen LogP contribution in [0.25, 0.3) is 0 Å². The lowest BCUT2D eigenvalue weighted by atomic mass is 10.2. The average molecular weight is 201 g/mol. The first-order valence-corrected chi connectivity index (χ1v) is 5.10. The van der Waals surface area contributed by atoms with Crippen molar-refractivity contribution >= 4 is 5.91 Å². The highest BCUT2D eigenvalue weighted by molar-refractivity contribution is 5.81. The van der Waals surface area contributed by atoms with Gasteiger partial charge in [0.25, 0.3) is 0 Å². The highest BCUT2D eigenvalue weighted by Gasteiger charge is 2.21. The number of hydrogen-bond acceptors (Lipinski definition) is 3. The van der Waals surface area contributed by atoms with Gasteiger partial charge in [0, 0.05) is 19.1 Å². The maximum absolute atomic E-state index is 11.7. The van der Waals surface area contributed by atoms with Crippen molar-refractivity contribution in [2.75, 3.05) is 27.2 Å². The van der Waals surface area contributed by atoms with E-state index in [9.17, 15) is 4.79 Å². The molecule has 0 heterocycles. The fourth-order valence-electron chi connectivity index (χ4n) is 1.57. The van der Waals surface area contributed by atoms with E-state index in [1.54, 1.807) is 6.92 Å². The maximum Gasteiger partial charge on any atom is 0.239 e. The van der Waals surface area contributed by atoms with Gasteiger partial charge in [-0.3, -0.25) is 4.79 Å². The summed E-state index contributed by atoms with van der Waals surface area (Å²) in [5.41, 5.74) is 5.58. The van der Waals surface area contributed by atoms with Crippen LogP contribution in [0.4, 0.5) is 0 Å². The van der Waals surface area contributed by atoms with Crippen molar-refractivity contribution in [1.29, 1.82) is 0 Å².